The highest BCUT2D eigenvalue weighted by Crippen LogP contribution is 2.34. The largest absolute Gasteiger partial charge is 0.345 e. The smallest absolute Gasteiger partial charge is 0.315 e. The first kappa shape index (κ1) is 20.8. The lowest BCUT2D eigenvalue weighted by Crippen LogP contribution is -2.70. The Kier molecular flexibility index (Phi) is 6.06. The average molecular weight is 418 g/mol. The number of amides is 1. The highest BCUT2D eigenvalue weighted by Gasteiger charge is 2.47. The summed E-state index contributed by atoms with van der Waals surface area (Å²) in [7, 11) is 0. The third-order valence-electron chi connectivity index (χ3n) is 5.83. The van der Waals surface area contributed by atoms with Crippen LogP contribution in [0.25, 0.3) is 11.1 Å². The molecule has 5 nitrogen and oxygen atoms in total. The van der Waals surface area contributed by atoms with E-state index >= 15 is 0 Å². The lowest BCUT2D eigenvalue weighted by Gasteiger charge is -2.56. The number of rotatable bonds is 8. The molecule has 0 saturated carbocycles. The monoisotopic (exact) mass is 418 g/mol. The Labute approximate surface area is 173 Å². The summed E-state index contributed by atoms with van der Waals surface area (Å²) < 4.78 is 37.7. The zero-order chi connectivity index (χ0) is 21.1. The van der Waals surface area contributed by atoms with Gasteiger partial charge in [0.05, 0.1) is 11.7 Å². The van der Waals surface area contributed by atoms with E-state index in [1.807, 2.05) is 47.9 Å². The van der Waals surface area contributed by atoms with Crippen molar-refractivity contribution >= 4 is 5.91 Å². The first-order valence-electron chi connectivity index (χ1n) is 10.1. The van der Waals surface area contributed by atoms with Crippen molar-refractivity contribution in [3.8, 4) is 11.1 Å². The number of nitrogens with one attached hydrogen (secondary N) is 2. The molecule has 2 fully saturated rings. The number of halogens is 3. The Morgan fingerprint density at radius 1 is 1.13 bits per heavy atom. The molecule has 2 aromatic rings. The van der Waals surface area contributed by atoms with Crippen LogP contribution >= 0.6 is 0 Å². The first-order valence-corrected chi connectivity index (χ1v) is 10.1. The molecule has 1 amide bonds. The van der Waals surface area contributed by atoms with Crippen molar-refractivity contribution in [1.29, 1.82) is 0 Å². The maximum absolute atomic E-state index is 13.1. The van der Waals surface area contributed by atoms with Crippen molar-refractivity contribution in [2.24, 2.45) is 5.41 Å². The second-order valence-electron chi connectivity index (χ2n) is 8.35. The molecule has 2 saturated heterocycles. The van der Waals surface area contributed by atoms with E-state index in [4.69, 9.17) is 0 Å². The molecule has 4 rings (SSSR count). The normalized spacial score (nSPS) is 18.7. The van der Waals surface area contributed by atoms with Gasteiger partial charge in [-0.05, 0) is 23.6 Å². The SMILES string of the molecule is O=C(NC(CF)Cc1ccc(-c2ccc(CN3CC4(CNC4)C3)nc2)cc1)C(F)F. The van der Waals surface area contributed by atoms with Crippen LogP contribution in [0.15, 0.2) is 42.6 Å². The van der Waals surface area contributed by atoms with E-state index < -0.39 is 25.0 Å². The lowest BCUT2D eigenvalue weighted by molar-refractivity contribution is -0.132. The second kappa shape index (κ2) is 8.73. The molecule has 1 aromatic carbocycles. The Morgan fingerprint density at radius 2 is 1.83 bits per heavy atom. The maximum atomic E-state index is 13.1. The quantitative estimate of drug-likeness (QED) is 0.692. The van der Waals surface area contributed by atoms with Gasteiger partial charge in [-0.2, -0.15) is 8.78 Å². The van der Waals surface area contributed by atoms with Gasteiger partial charge in [-0.3, -0.25) is 14.7 Å². The second-order valence-corrected chi connectivity index (χ2v) is 8.35. The van der Waals surface area contributed by atoms with E-state index in [1.54, 1.807) is 0 Å². The number of aromatic nitrogens is 1. The van der Waals surface area contributed by atoms with Crippen molar-refractivity contribution in [2.45, 2.75) is 25.4 Å². The summed E-state index contributed by atoms with van der Waals surface area (Å²) in [5, 5.41) is 5.36. The Balaban J connectivity index is 1.31. The standard InChI is InChI=1S/C22H25F3N4O/c23-8-19(28-21(30)20(24)25)7-15-1-3-16(4-2-15)17-5-6-18(27-9-17)10-29-13-22(14-29)11-26-12-22/h1-6,9,19-20,26H,7-8,10-14H2,(H,28,30). The highest BCUT2D eigenvalue weighted by atomic mass is 19.3. The molecule has 1 atom stereocenters. The molecule has 30 heavy (non-hydrogen) atoms. The summed E-state index contributed by atoms with van der Waals surface area (Å²) >= 11 is 0. The minimum absolute atomic E-state index is 0.152. The van der Waals surface area contributed by atoms with Crippen LogP contribution in [0.2, 0.25) is 0 Å². The summed E-state index contributed by atoms with van der Waals surface area (Å²) in [6, 6.07) is 10.5. The van der Waals surface area contributed by atoms with Crippen LogP contribution in [0.3, 0.4) is 0 Å². The van der Waals surface area contributed by atoms with Gasteiger partial charge < -0.3 is 10.6 Å². The lowest BCUT2D eigenvalue weighted by atomic mass is 9.74. The Hall–Kier alpha value is -2.45. The number of pyridine rings is 1. The predicted molar refractivity (Wildman–Crippen MR) is 108 cm³/mol. The number of alkyl halides is 3. The average Bonchev–Trinajstić information content (AvgIpc) is 2.69. The van der Waals surface area contributed by atoms with Gasteiger partial charge >= 0.3 is 6.43 Å². The van der Waals surface area contributed by atoms with Crippen LogP contribution in [-0.2, 0) is 17.8 Å². The Bertz CT molecular complexity index is 861. The van der Waals surface area contributed by atoms with Crippen LogP contribution in [-0.4, -0.2) is 61.1 Å². The fourth-order valence-corrected chi connectivity index (χ4v) is 4.16. The van der Waals surface area contributed by atoms with Crippen molar-refractivity contribution in [1.82, 2.24) is 20.5 Å². The molecule has 1 aromatic heterocycles. The van der Waals surface area contributed by atoms with Crippen LogP contribution in [0.5, 0.6) is 0 Å². The van der Waals surface area contributed by atoms with Gasteiger partial charge in [-0.25, -0.2) is 4.39 Å². The molecule has 1 unspecified atom stereocenters. The predicted octanol–water partition coefficient (Wildman–Crippen LogP) is 2.42. The van der Waals surface area contributed by atoms with Gasteiger partial charge in [0.25, 0.3) is 5.91 Å². The Morgan fingerprint density at radius 3 is 2.37 bits per heavy atom. The van der Waals surface area contributed by atoms with Gasteiger partial charge in [0.15, 0.2) is 0 Å². The number of nitrogens with zero attached hydrogens (tertiary/aromatic N) is 2. The third-order valence-corrected chi connectivity index (χ3v) is 5.83. The van der Waals surface area contributed by atoms with E-state index in [0.717, 1.165) is 55.1 Å². The molecule has 160 valence electrons. The van der Waals surface area contributed by atoms with Gasteiger partial charge in [0.2, 0.25) is 0 Å². The zero-order valence-corrected chi connectivity index (χ0v) is 16.6. The van der Waals surface area contributed by atoms with Crippen LogP contribution < -0.4 is 10.6 Å². The first-order chi connectivity index (χ1) is 14.5. The molecular weight excluding hydrogens is 393 g/mol. The number of hydrogen-bond acceptors (Lipinski definition) is 4. The van der Waals surface area contributed by atoms with E-state index in [0.29, 0.717) is 5.41 Å². The van der Waals surface area contributed by atoms with Gasteiger partial charge in [0, 0.05) is 49.9 Å². The van der Waals surface area contributed by atoms with Crippen LogP contribution in [0.4, 0.5) is 13.2 Å². The highest BCUT2D eigenvalue weighted by molar-refractivity contribution is 5.79. The minimum atomic E-state index is -3.14. The molecule has 2 aliphatic rings. The van der Waals surface area contributed by atoms with E-state index in [2.05, 4.69) is 15.2 Å². The molecule has 2 N–H and O–H groups in total. The van der Waals surface area contributed by atoms with Crippen molar-refractivity contribution < 1.29 is 18.0 Å². The van der Waals surface area contributed by atoms with Gasteiger partial charge in [-0.1, -0.05) is 30.3 Å². The fourth-order valence-electron chi connectivity index (χ4n) is 4.16. The van der Waals surface area contributed by atoms with Crippen LogP contribution in [0.1, 0.15) is 11.3 Å². The molecule has 1 spiro atoms. The van der Waals surface area contributed by atoms with Crippen molar-refractivity contribution in [3.05, 3.63) is 53.9 Å². The van der Waals surface area contributed by atoms with Crippen molar-refractivity contribution in [2.75, 3.05) is 32.9 Å². The van der Waals surface area contributed by atoms with E-state index in [9.17, 15) is 18.0 Å². The topological polar surface area (TPSA) is 57.3 Å². The number of likely N-dealkylation sites (tertiary alicyclic amines) is 1. The van der Waals surface area contributed by atoms with Crippen molar-refractivity contribution in [3.63, 3.8) is 0 Å². The molecule has 2 aliphatic heterocycles. The molecule has 0 radical (unpaired) electrons. The summed E-state index contributed by atoms with van der Waals surface area (Å²) in [6.07, 6.45) is -1.15. The number of carbonyl (C=O) groups is 1. The number of hydrogen-bond donors (Lipinski definition) is 2. The number of carbonyl (C=O) groups excluding carboxylic acids is 1. The maximum Gasteiger partial charge on any atom is 0.315 e. The third kappa shape index (κ3) is 4.65. The fraction of sp³-hybridized carbons (Fsp3) is 0.455. The summed E-state index contributed by atoms with van der Waals surface area (Å²) in [4.78, 5) is 18.1. The summed E-state index contributed by atoms with van der Waals surface area (Å²) in [6.45, 7) is 4.45. The van der Waals surface area contributed by atoms with Crippen LogP contribution in [0, 0.1) is 5.41 Å². The zero-order valence-electron chi connectivity index (χ0n) is 16.6. The summed E-state index contributed by atoms with van der Waals surface area (Å²) in [5.41, 5.74) is 4.25. The molecule has 0 aliphatic carbocycles. The summed E-state index contributed by atoms with van der Waals surface area (Å²) in [5.74, 6) is -1.45. The molecule has 0 bridgehead atoms. The van der Waals surface area contributed by atoms with E-state index in [1.165, 1.54) is 0 Å². The molecule has 3 heterocycles. The van der Waals surface area contributed by atoms with Gasteiger partial charge in [0.1, 0.15) is 6.67 Å². The number of benzene rings is 1. The van der Waals surface area contributed by atoms with Gasteiger partial charge in [-0.15, -0.1) is 0 Å². The molecule has 8 heteroatoms. The minimum Gasteiger partial charge on any atom is -0.345 e. The van der Waals surface area contributed by atoms with E-state index in [-0.39, 0.29) is 6.42 Å². The molecular formula is C22H25F3N4O.